The molecule has 0 bridgehead atoms. The van der Waals surface area contributed by atoms with Crippen LogP contribution in [0.15, 0.2) is 12.5 Å². The molecule has 1 aliphatic heterocycles. The van der Waals surface area contributed by atoms with Gasteiger partial charge >= 0.3 is 0 Å². The number of aryl methyl sites for hydroxylation is 1. The van der Waals surface area contributed by atoms with E-state index < -0.39 is 0 Å². The number of rotatable bonds is 4. The molecule has 2 atom stereocenters. The van der Waals surface area contributed by atoms with Crippen molar-refractivity contribution in [3.8, 4) is 0 Å². The van der Waals surface area contributed by atoms with Crippen LogP contribution in [0, 0.1) is 0 Å². The van der Waals surface area contributed by atoms with Crippen molar-refractivity contribution < 1.29 is 4.74 Å². The average molecular weight is 307 g/mol. The van der Waals surface area contributed by atoms with Crippen molar-refractivity contribution in [1.82, 2.24) is 18.9 Å². The van der Waals surface area contributed by atoms with Crippen LogP contribution in [0.1, 0.15) is 50.2 Å². The number of aromatic nitrogens is 4. The van der Waals surface area contributed by atoms with Gasteiger partial charge in [-0.3, -0.25) is 0 Å². The van der Waals surface area contributed by atoms with Crippen LogP contribution < -0.4 is 5.32 Å². The quantitative estimate of drug-likeness (QED) is 0.941. The molecule has 1 fully saturated rings. The number of nitrogens with one attached hydrogen (secondary N) is 1. The zero-order valence-corrected chi connectivity index (χ0v) is 13.4. The number of hydrogen-bond donors (Lipinski definition) is 1. The van der Waals surface area contributed by atoms with Gasteiger partial charge < -0.3 is 14.6 Å². The minimum atomic E-state index is 0.0984. The molecule has 1 N–H and O–H groups in total. The first-order valence-corrected chi connectivity index (χ1v) is 8.08. The second-order valence-electron chi connectivity index (χ2n) is 5.77. The fourth-order valence-corrected chi connectivity index (χ4v) is 3.30. The lowest BCUT2D eigenvalue weighted by Gasteiger charge is -2.30. The highest BCUT2D eigenvalue weighted by molar-refractivity contribution is 7.09. The van der Waals surface area contributed by atoms with Crippen LogP contribution in [0.4, 0.5) is 5.13 Å². The summed E-state index contributed by atoms with van der Waals surface area (Å²) < 4.78 is 12.3. The summed E-state index contributed by atoms with van der Waals surface area (Å²) in [5.74, 6) is 1.28. The first-order valence-electron chi connectivity index (χ1n) is 7.31. The van der Waals surface area contributed by atoms with Crippen molar-refractivity contribution in [2.45, 2.75) is 44.8 Å². The van der Waals surface area contributed by atoms with Crippen molar-refractivity contribution in [3.05, 3.63) is 24.0 Å². The maximum atomic E-state index is 5.88. The lowest BCUT2D eigenvalue weighted by Crippen LogP contribution is -2.30. The SMILES string of the molecule is CC(C)c1nsc(N[C@@H]2CCO[C@@H](c3cncn3C)C2)n1. The molecule has 0 spiro atoms. The van der Waals surface area contributed by atoms with E-state index in [2.05, 4.69) is 33.5 Å². The third-order valence-corrected chi connectivity index (χ3v) is 4.41. The maximum absolute atomic E-state index is 5.88. The van der Waals surface area contributed by atoms with Crippen LogP contribution in [0.25, 0.3) is 0 Å². The Labute approximate surface area is 128 Å². The summed E-state index contributed by atoms with van der Waals surface area (Å²) in [6, 6.07) is 0.367. The minimum Gasteiger partial charge on any atom is -0.372 e. The van der Waals surface area contributed by atoms with Gasteiger partial charge in [-0.25, -0.2) is 9.97 Å². The van der Waals surface area contributed by atoms with E-state index in [0.717, 1.165) is 36.1 Å². The molecule has 0 aliphatic carbocycles. The van der Waals surface area contributed by atoms with Gasteiger partial charge in [-0.15, -0.1) is 0 Å². The smallest absolute Gasteiger partial charge is 0.202 e. The van der Waals surface area contributed by atoms with Crippen LogP contribution in [0.2, 0.25) is 0 Å². The average Bonchev–Trinajstić information content (AvgIpc) is 3.08. The lowest BCUT2D eigenvalue weighted by molar-refractivity contribution is 0.00559. The second-order valence-corrected chi connectivity index (χ2v) is 6.52. The van der Waals surface area contributed by atoms with Crippen LogP contribution >= 0.6 is 11.5 Å². The summed E-state index contributed by atoms with van der Waals surface area (Å²) in [5.41, 5.74) is 1.13. The van der Waals surface area contributed by atoms with E-state index in [9.17, 15) is 0 Å². The molecule has 0 unspecified atom stereocenters. The zero-order valence-electron chi connectivity index (χ0n) is 12.6. The first kappa shape index (κ1) is 14.5. The van der Waals surface area contributed by atoms with E-state index >= 15 is 0 Å². The molecule has 0 aromatic carbocycles. The van der Waals surface area contributed by atoms with Crippen LogP contribution in [0.3, 0.4) is 0 Å². The molecule has 0 saturated carbocycles. The standard InChI is InChI=1S/C14H21N5OS/c1-9(2)13-17-14(21-18-13)16-10-4-5-20-12(6-10)11-7-15-8-19(11)3/h7-10,12H,4-6H2,1-3H3,(H,16,17,18)/t10-,12-/m1/s1. The summed E-state index contributed by atoms with van der Waals surface area (Å²) in [5, 5.41) is 4.41. The highest BCUT2D eigenvalue weighted by atomic mass is 32.1. The van der Waals surface area contributed by atoms with E-state index in [1.165, 1.54) is 11.5 Å². The molecule has 1 aliphatic rings. The van der Waals surface area contributed by atoms with Gasteiger partial charge in [0.25, 0.3) is 0 Å². The Morgan fingerprint density at radius 2 is 2.33 bits per heavy atom. The van der Waals surface area contributed by atoms with E-state index in [-0.39, 0.29) is 6.10 Å². The van der Waals surface area contributed by atoms with Gasteiger partial charge in [-0.1, -0.05) is 13.8 Å². The molecule has 0 amide bonds. The molecule has 21 heavy (non-hydrogen) atoms. The van der Waals surface area contributed by atoms with Gasteiger partial charge in [0, 0.05) is 37.1 Å². The van der Waals surface area contributed by atoms with E-state index in [4.69, 9.17) is 4.74 Å². The van der Waals surface area contributed by atoms with Gasteiger partial charge in [0.1, 0.15) is 11.9 Å². The molecular formula is C14H21N5OS. The summed E-state index contributed by atoms with van der Waals surface area (Å²) >= 11 is 1.44. The summed E-state index contributed by atoms with van der Waals surface area (Å²) in [7, 11) is 2.00. The molecule has 6 nitrogen and oxygen atoms in total. The van der Waals surface area contributed by atoms with Gasteiger partial charge in [-0.2, -0.15) is 4.37 Å². The van der Waals surface area contributed by atoms with Crippen LogP contribution in [-0.4, -0.2) is 31.6 Å². The highest BCUT2D eigenvalue weighted by Crippen LogP contribution is 2.30. The Balaban J connectivity index is 1.64. The molecule has 7 heteroatoms. The normalized spacial score (nSPS) is 22.7. The number of imidazole rings is 1. The van der Waals surface area contributed by atoms with Crippen LogP contribution in [0.5, 0.6) is 0 Å². The third-order valence-electron chi connectivity index (χ3n) is 3.75. The Bertz CT molecular complexity index is 594. The molecule has 2 aromatic heterocycles. The molecule has 0 radical (unpaired) electrons. The predicted octanol–water partition coefficient (Wildman–Crippen LogP) is 2.73. The summed E-state index contributed by atoms with van der Waals surface area (Å²) in [4.78, 5) is 8.72. The topological polar surface area (TPSA) is 64.9 Å². The monoisotopic (exact) mass is 307 g/mol. The van der Waals surface area contributed by atoms with Crippen molar-refractivity contribution in [2.24, 2.45) is 7.05 Å². The van der Waals surface area contributed by atoms with Crippen molar-refractivity contribution in [2.75, 3.05) is 11.9 Å². The summed E-state index contributed by atoms with van der Waals surface area (Å²) in [6.07, 6.45) is 5.71. The Morgan fingerprint density at radius 1 is 1.48 bits per heavy atom. The third kappa shape index (κ3) is 3.24. The maximum Gasteiger partial charge on any atom is 0.202 e. The van der Waals surface area contributed by atoms with Crippen molar-refractivity contribution in [3.63, 3.8) is 0 Å². The summed E-state index contributed by atoms with van der Waals surface area (Å²) in [6.45, 7) is 4.97. The Hall–Kier alpha value is -1.47. The van der Waals surface area contributed by atoms with Gasteiger partial charge in [0.15, 0.2) is 0 Å². The van der Waals surface area contributed by atoms with Gasteiger partial charge in [-0.05, 0) is 12.8 Å². The second kappa shape index (κ2) is 6.11. The van der Waals surface area contributed by atoms with Crippen molar-refractivity contribution >= 4 is 16.7 Å². The first-order chi connectivity index (χ1) is 10.1. The molecule has 3 heterocycles. The molecule has 3 rings (SSSR count). The minimum absolute atomic E-state index is 0.0984. The van der Waals surface area contributed by atoms with Gasteiger partial charge in [0.05, 0.1) is 18.2 Å². The number of hydrogen-bond acceptors (Lipinski definition) is 6. The molecule has 2 aromatic rings. The number of nitrogens with zero attached hydrogens (tertiary/aromatic N) is 4. The molecular weight excluding hydrogens is 286 g/mol. The fraction of sp³-hybridized carbons (Fsp3) is 0.643. The zero-order chi connectivity index (χ0) is 14.8. The van der Waals surface area contributed by atoms with E-state index in [1.54, 1.807) is 0 Å². The van der Waals surface area contributed by atoms with E-state index in [1.807, 2.05) is 24.1 Å². The lowest BCUT2D eigenvalue weighted by atomic mass is 10.0. The largest absolute Gasteiger partial charge is 0.372 e. The number of ether oxygens (including phenoxy) is 1. The number of anilines is 1. The van der Waals surface area contributed by atoms with Crippen LogP contribution in [-0.2, 0) is 11.8 Å². The van der Waals surface area contributed by atoms with E-state index in [0.29, 0.717) is 12.0 Å². The molecule has 1 saturated heterocycles. The Morgan fingerprint density at radius 3 is 3.00 bits per heavy atom. The predicted molar refractivity (Wildman–Crippen MR) is 82.5 cm³/mol. The van der Waals surface area contributed by atoms with Gasteiger partial charge in [0.2, 0.25) is 5.13 Å². The van der Waals surface area contributed by atoms with Crippen molar-refractivity contribution in [1.29, 1.82) is 0 Å². The fourth-order valence-electron chi connectivity index (χ4n) is 2.51. The Kier molecular flexibility index (Phi) is 4.21. The highest BCUT2D eigenvalue weighted by Gasteiger charge is 2.26. The molecule has 114 valence electrons.